The minimum atomic E-state index is 0.561. The Bertz CT molecular complexity index is 3220. The van der Waals surface area contributed by atoms with Gasteiger partial charge in [-0.05, 0) is 51.9 Å². The zero-order valence-electron chi connectivity index (χ0n) is 28.9. The molecule has 0 saturated carbocycles. The van der Waals surface area contributed by atoms with Crippen molar-refractivity contribution in [3.05, 3.63) is 176 Å². The van der Waals surface area contributed by atoms with Crippen LogP contribution in [0.2, 0.25) is 0 Å². The monoisotopic (exact) mass is 691 g/mol. The average Bonchev–Trinajstić information content (AvgIpc) is 3.83. The molecule has 0 aliphatic carbocycles. The molecule has 11 rings (SSSR count). The highest BCUT2D eigenvalue weighted by molar-refractivity contribution is 6.22. The van der Waals surface area contributed by atoms with E-state index in [-0.39, 0.29) is 0 Å². The van der Waals surface area contributed by atoms with Crippen molar-refractivity contribution in [2.24, 2.45) is 0 Å². The molecule has 0 bridgehead atoms. The van der Waals surface area contributed by atoms with Crippen LogP contribution >= 0.6 is 0 Å². The zero-order chi connectivity index (χ0) is 35.6. The predicted molar refractivity (Wildman–Crippen MR) is 219 cm³/mol. The standard InChI is InChI=1S/C49H29N3O2/c1-3-15-30(16-4-1)32-19-7-10-22-35(32)47-50-48(37-24-13-27-42-44(37)36-23-11-12-26-41(36)53-42)52-49(51-47)38-25-14-28-43-45(38)40-29-39(31-17-5-2-6-18-31)33-20-8-9-21-34(33)46(40)54-43/h1-29H. The number of benzene rings is 8. The van der Waals surface area contributed by atoms with Crippen LogP contribution in [0.3, 0.4) is 0 Å². The van der Waals surface area contributed by atoms with Gasteiger partial charge in [-0.25, -0.2) is 15.0 Å². The molecule has 11 aromatic rings. The lowest BCUT2D eigenvalue weighted by atomic mass is 9.94. The maximum absolute atomic E-state index is 6.74. The molecule has 0 fully saturated rings. The lowest BCUT2D eigenvalue weighted by Gasteiger charge is -2.13. The molecule has 0 aliphatic heterocycles. The molecule has 3 heterocycles. The van der Waals surface area contributed by atoms with Gasteiger partial charge in [0.05, 0.1) is 0 Å². The summed E-state index contributed by atoms with van der Waals surface area (Å²) in [7, 11) is 0. The fraction of sp³-hybridized carbons (Fsp3) is 0. The van der Waals surface area contributed by atoms with Crippen molar-refractivity contribution in [1.82, 2.24) is 15.0 Å². The summed E-state index contributed by atoms with van der Waals surface area (Å²) in [5, 5.41) is 6.15. The number of fused-ring (bicyclic) bond motifs is 8. The number of aromatic nitrogens is 3. The molecule has 0 aliphatic rings. The maximum atomic E-state index is 6.74. The van der Waals surface area contributed by atoms with Crippen molar-refractivity contribution in [1.29, 1.82) is 0 Å². The van der Waals surface area contributed by atoms with E-state index in [2.05, 4.69) is 115 Å². The Morgan fingerprint density at radius 2 is 0.759 bits per heavy atom. The van der Waals surface area contributed by atoms with Gasteiger partial charge in [0.25, 0.3) is 0 Å². The van der Waals surface area contributed by atoms with E-state index < -0.39 is 0 Å². The first-order chi connectivity index (χ1) is 26.8. The van der Waals surface area contributed by atoms with Gasteiger partial charge < -0.3 is 8.83 Å². The molecule has 3 aromatic heterocycles. The molecule has 5 nitrogen and oxygen atoms in total. The number of hydrogen-bond acceptors (Lipinski definition) is 5. The summed E-state index contributed by atoms with van der Waals surface area (Å²) in [6.07, 6.45) is 0. The van der Waals surface area contributed by atoms with Crippen LogP contribution in [0.1, 0.15) is 0 Å². The molecule has 0 saturated heterocycles. The van der Waals surface area contributed by atoms with Gasteiger partial charge in [0, 0.05) is 43.6 Å². The topological polar surface area (TPSA) is 65.0 Å². The Morgan fingerprint density at radius 1 is 0.296 bits per heavy atom. The maximum Gasteiger partial charge on any atom is 0.164 e. The summed E-state index contributed by atoms with van der Waals surface area (Å²) in [6.45, 7) is 0. The van der Waals surface area contributed by atoms with Gasteiger partial charge in [0.15, 0.2) is 17.5 Å². The third kappa shape index (κ3) is 4.76. The van der Waals surface area contributed by atoms with Crippen molar-refractivity contribution < 1.29 is 8.83 Å². The van der Waals surface area contributed by atoms with Gasteiger partial charge in [-0.3, -0.25) is 0 Å². The van der Waals surface area contributed by atoms with Crippen LogP contribution in [0.4, 0.5) is 0 Å². The predicted octanol–water partition coefficient (Wildman–Crippen LogP) is 13.2. The summed E-state index contributed by atoms with van der Waals surface area (Å²) in [4.78, 5) is 15.9. The van der Waals surface area contributed by atoms with Gasteiger partial charge >= 0.3 is 0 Å². The van der Waals surface area contributed by atoms with Crippen LogP contribution in [0.25, 0.3) is 111 Å². The van der Waals surface area contributed by atoms with E-state index in [4.69, 9.17) is 23.8 Å². The van der Waals surface area contributed by atoms with Crippen LogP contribution in [0.5, 0.6) is 0 Å². The van der Waals surface area contributed by atoms with Gasteiger partial charge in [0.1, 0.15) is 22.3 Å². The van der Waals surface area contributed by atoms with Gasteiger partial charge in [-0.1, -0.05) is 152 Å². The molecular weight excluding hydrogens is 663 g/mol. The highest BCUT2D eigenvalue weighted by Gasteiger charge is 2.23. The van der Waals surface area contributed by atoms with Crippen LogP contribution in [0.15, 0.2) is 185 Å². The first-order valence-corrected chi connectivity index (χ1v) is 18.0. The molecule has 54 heavy (non-hydrogen) atoms. The SMILES string of the molecule is c1ccc(-c2ccccc2-c2nc(-c3cccc4oc5ccccc5c34)nc(-c3cccc4oc5c6ccccc6c(-c6ccccc6)cc5c34)n2)cc1. The van der Waals surface area contributed by atoms with Gasteiger partial charge in [0.2, 0.25) is 0 Å². The molecule has 0 unspecified atom stereocenters. The molecular formula is C49H29N3O2. The van der Waals surface area contributed by atoms with Crippen LogP contribution < -0.4 is 0 Å². The Kier molecular flexibility index (Phi) is 6.79. The summed E-state index contributed by atoms with van der Waals surface area (Å²) in [6, 6.07) is 60.3. The van der Waals surface area contributed by atoms with Gasteiger partial charge in [-0.15, -0.1) is 0 Å². The van der Waals surface area contributed by atoms with E-state index in [1.54, 1.807) is 0 Å². The van der Waals surface area contributed by atoms with E-state index in [1.165, 1.54) is 0 Å². The molecule has 0 N–H and O–H groups in total. The fourth-order valence-corrected chi connectivity index (χ4v) is 7.94. The van der Waals surface area contributed by atoms with Crippen LogP contribution in [-0.2, 0) is 0 Å². The number of hydrogen-bond donors (Lipinski definition) is 0. The van der Waals surface area contributed by atoms with Crippen LogP contribution in [0, 0.1) is 0 Å². The second kappa shape index (κ2) is 12.1. The molecule has 0 amide bonds. The van der Waals surface area contributed by atoms with Crippen molar-refractivity contribution in [3.63, 3.8) is 0 Å². The Labute approximate surface area is 309 Å². The minimum absolute atomic E-state index is 0.561. The number of para-hydroxylation sites is 1. The summed E-state index contributed by atoms with van der Waals surface area (Å²) in [5.74, 6) is 1.71. The quantitative estimate of drug-likeness (QED) is 0.180. The Hall–Kier alpha value is -7.37. The smallest absolute Gasteiger partial charge is 0.164 e. The largest absolute Gasteiger partial charge is 0.456 e. The first-order valence-electron chi connectivity index (χ1n) is 18.0. The second-order valence-electron chi connectivity index (χ2n) is 13.5. The molecule has 8 aromatic carbocycles. The lowest BCUT2D eigenvalue weighted by molar-refractivity contribution is 0.669. The highest BCUT2D eigenvalue weighted by Crippen LogP contribution is 2.44. The van der Waals surface area contributed by atoms with Crippen LogP contribution in [-0.4, -0.2) is 15.0 Å². The van der Waals surface area contributed by atoms with E-state index in [1.807, 2.05) is 60.7 Å². The zero-order valence-corrected chi connectivity index (χ0v) is 28.9. The Morgan fingerprint density at radius 3 is 1.44 bits per heavy atom. The van der Waals surface area contributed by atoms with Crippen molar-refractivity contribution in [2.45, 2.75) is 0 Å². The third-order valence-corrected chi connectivity index (χ3v) is 10.4. The number of rotatable bonds is 5. The molecule has 0 atom stereocenters. The van der Waals surface area contributed by atoms with E-state index in [9.17, 15) is 0 Å². The minimum Gasteiger partial charge on any atom is -0.456 e. The normalized spacial score (nSPS) is 11.7. The van der Waals surface area contributed by atoms with Gasteiger partial charge in [-0.2, -0.15) is 0 Å². The summed E-state index contributed by atoms with van der Waals surface area (Å²) < 4.78 is 13.1. The number of nitrogens with zero attached hydrogens (tertiary/aromatic N) is 3. The Balaban J connectivity index is 1.23. The third-order valence-electron chi connectivity index (χ3n) is 10.4. The first kappa shape index (κ1) is 30.3. The lowest BCUT2D eigenvalue weighted by Crippen LogP contribution is -2.01. The summed E-state index contributed by atoms with van der Waals surface area (Å²) in [5.41, 5.74) is 10.3. The highest BCUT2D eigenvalue weighted by atomic mass is 16.3. The second-order valence-corrected chi connectivity index (χ2v) is 13.5. The van der Waals surface area contributed by atoms with Crippen molar-refractivity contribution in [2.75, 3.05) is 0 Å². The molecule has 5 heteroatoms. The molecule has 0 spiro atoms. The van der Waals surface area contributed by atoms with E-state index in [0.717, 1.165) is 93.6 Å². The van der Waals surface area contributed by atoms with Crippen molar-refractivity contribution >= 4 is 54.6 Å². The molecule has 252 valence electrons. The van der Waals surface area contributed by atoms with Crippen molar-refractivity contribution in [3.8, 4) is 56.4 Å². The molecule has 0 radical (unpaired) electrons. The number of furan rings is 2. The fourth-order valence-electron chi connectivity index (χ4n) is 7.94. The van der Waals surface area contributed by atoms with E-state index in [0.29, 0.717) is 17.5 Å². The van der Waals surface area contributed by atoms with E-state index >= 15 is 0 Å². The summed E-state index contributed by atoms with van der Waals surface area (Å²) >= 11 is 0. The average molecular weight is 692 g/mol.